The van der Waals surface area contributed by atoms with Crippen LogP contribution < -0.4 is 0 Å². The van der Waals surface area contributed by atoms with Gasteiger partial charge in [-0.2, -0.15) is 0 Å². The zero-order valence-electron chi connectivity index (χ0n) is 16.8. The molecule has 0 bridgehead atoms. The highest BCUT2D eigenvalue weighted by Gasteiger charge is 2.26. The smallest absolute Gasteiger partial charge is 0.249 e. The fourth-order valence-electron chi connectivity index (χ4n) is 3.39. The minimum Gasteiger partial charge on any atom is -0.367 e. The third kappa shape index (κ3) is 7.59. The molecule has 1 aliphatic rings. The third-order valence-corrected chi connectivity index (χ3v) is 5.36. The molecule has 0 spiro atoms. The van der Waals surface area contributed by atoms with Gasteiger partial charge >= 0.3 is 0 Å². The number of pyridine rings is 1. The third-order valence-electron chi connectivity index (χ3n) is 5.13. The number of ether oxygens (including phenoxy) is 1. The lowest BCUT2D eigenvalue weighted by Crippen LogP contribution is -2.47. The van der Waals surface area contributed by atoms with Crippen molar-refractivity contribution in [2.24, 2.45) is 0 Å². The zero-order chi connectivity index (χ0) is 19.8. The van der Waals surface area contributed by atoms with Gasteiger partial charge < -0.3 is 14.5 Å². The van der Waals surface area contributed by atoms with E-state index in [0.717, 1.165) is 38.2 Å². The van der Waals surface area contributed by atoms with E-state index in [1.165, 1.54) is 5.56 Å². The van der Waals surface area contributed by atoms with E-state index in [2.05, 4.69) is 41.1 Å². The molecule has 29 heavy (non-hydrogen) atoms. The molecule has 1 amide bonds. The molecule has 5 nitrogen and oxygen atoms in total. The van der Waals surface area contributed by atoms with Gasteiger partial charge in [0.1, 0.15) is 6.61 Å². The van der Waals surface area contributed by atoms with Gasteiger partial charge in [-0.05, 0) is 37.1 Å². The summed E-state index contributed by atoms with van der Waals surface area (Å²) in [6, 6.07) is 14.2. The van der Waals surface area contributed by atoms with Gasteiger partial charge in [-0.15, -0.1) is 12.4 Å². The number of carbonyl (C=O) groups is 1. The molecule has 0 aliphatic carbocycles. The number of benzene rings is 1. The molecule has 0 saturated carbocycles. The number of aromatic nitrogens is 1. The van der Waals surface area contributed by atoms with Crippen molar-refractivity contribution in [1.82, 2.24) is 14.8 Å². The number of halogens is 2. The van der Waals surface area contributed by atoms with Gasteiger partial charge in [-0.3, -0.25) is 9.78 Å². The van der Waals surface area contributed by atoms with Crippen LogP contribution in [0.1, 0.15) is 24.6 Å². The second kappa shape index (κ2) is 12.1. The first-order valence-corrected chi connectivity index (χ1v) is 10.3. The van der Waals surface area contributed by atoms with E-state index in [1.807, 2.05) is 17.0 Å². The van der Waals surface area contributed by atoms with Gasteiger partial charge in [0.15, 0.2) is 0 Å². The van der Waals surface area contributed by atoms with Crippen molar-refractivity contribution in [2.45, 2.75) is 32.4 Å². The van der Waals surface area contributed by atoms with Gasteiger partial charge in [0.05, 0.1) is 23.4 Å². The van der Waals surface area contributed by atoms with Crippen LogP contribution in [-0.4, -0.2) is 59.6 Å². The fourth-order valence-corrected chi connectivity index (χ4v) is 3.50. The first kappa shape index (κ1) is 23.6. The standard InChI is InChI=1S/C22H28ClN3O2.ClH/c1-2-25(12-10-18-6-4-3-5-7-18)13-11-21-16-26(22(27)17-28-21)15-20-9-8-19(23)14-24-20;/h3-9,14,21H,2,10-13,15-17H2,1H3;1H. The first-order valence-electron chi connectivity index (χ1n) is 9.90. The average Bonchev–Trinajstić information content (AvgIpc) is 2.73. The number of hydrogen-bond acceptors (Lipinski definition) is 4. The van der Waals surface area contributed by atoms with Gasteiger partial charge in [-0.25, -0.2) is 0 Å². The lowest BCUT2D eigenvalue weighted by atomic mass is 10.1. The normalized spacial score (nSPS) is 16.7. The summed E-state index contributed by atoms with van der Waals surface area (Å²) in [5, 5.41) is 0.602. The van der Waals surface area contributed by atoms with Gasteiger partial charge in [0, 0.05) is 25.8 Å². The van der Waals surface area contributed by atoms with Gasteiger partial charge in [0.2, 0.25) is 5.91 Å². The predicted octanol–water partition coefficient (Wildman–Crippen LogP) is 3.84. The lowest BCUT2D eigenvalue weighted by molar-refractivity contribution is -0.150. The SMILES string of the molecule is CCN(CCc1ccccc1)CCC1CN(Cc2ccc(Cl)cn2)C(=O)CO1.Cl. The van der Waals surface area contributed by atoms with Gasteiger partial charge in [0.25, 0.3) is 0 Å². The van der Waals surface area contributed by atoms with Crippen molar-refractivity contribution in [1.29, 1.82) is 0 Å². The summed E-state index contributed by atoms with van der Waals surface area (Å²) >= 11 is 5.89. The number of hydrogen-bond donors (Lipinski definition) is 0. The van der Waals surface area contributed by atoms with E-state index in [0.29, 0.717) is 18.1 Å². The Bertz CT molecular complexity index is 743. The molecule has 1 saturated heterocycles. The van der Waals surface area contributed by atoms with E-state index in [1.54, 1.807) is 12.3 Å². The van der Waals surface area contributed by atoms with E-state index in [9.17, 15) is 4.79 Å². The van der Waals surface area contributed by atoms with Crippen LogP contribution >= 0.6 is 24.0 Å². The van der Waals surface area contributed by atoms with Crippen molar-refractivity contribution in [3.63, 3.8) is 0 Å². The molecule has 1 unspecified atom stereocenters. The van der Waals surface area contributed by atoms with Crippen LogP contribution in [0.15, 0.2) is 48.7 Å². The molecule has 0 N–H and O–H groups in total. The molecule has 7 heteroatoms. The molecule has 1 aromatic carbocycles. The molecule has 2 heterocycles. The first-order chi connectivity index (χ1) is 13.6. The maximum Gasteiger partial charge on any atom is 0.249 e. The molecule has 2 aromatic rings. The number of morpholine rings is 1. The van der Waals surface area contributed by atoms with Crippen LogP contribution in [0.3, 0.4) is 0 Å². The van der Waals surface area contributed by atoms with E-state index in [-0.39, 0.29) is 31.0 Å². The Labute approximate surface area is 184 Å². The highest BCUT2D eigenvalue weighted by Crippen LogP contribution is 2.15. The Balaban J connectivity index is 0.00000300. The summed E-state index contributed by atoms with van der Waals surface area (Å²) in [5.41, 5.74) is 2.21. The average molecular weight is 438 g/mol. The second-order valence-corrected chi connectivity index (χ2v) is 7.57. The predicted molar refractivity (Wildman–Crippen MR) is 119 cm³/mol. The summed E-state index contributed by atoms with van der Waals surface area (Å²) in [5.74, 6) is 0.0180. The Morgan fingerprint density at radius 3 is 2.69 bits per heavy atom. The fraction of sp³-hybridized carbons (Fsp3) is 0.455. The van der Waals surface area contributed by atoms with Crippen LogP contribution in [0, 0.1) is 0 Å². The zero-order valence-corrected chi connectivity index (χ0v) is 18.4. The Morgan fingerprint density at radius 2 is 2.00 bits per heavy atom. The molecule has 1 fully saturated rings. The monoisotopic (exact) mass is 437 g/mol. The Morgan fingerprint density at radius 1 is 1.21 bits per heavy atom. The Kier molecular flexibility index (Phi) is 9.88. The van der Waals surface area contributed by atoms with Crippen molar-refractivity contribution < 1.29 is 9.53 Å². The quantitative estimate of drug-likeness (QED) is 0.597. The summed E-state index contributed by atoms with van der Waals surface area (Å²) in [6.45, 7) is 6.46. The summed E-state index contributed by atoms with van der Waals surface area (Å²) in [7, 11) is 0. The molecule has 1 aliphatic heterocycles. The molecule has 3 rings (SSSR count). The summed E-state index contributed by atoms with van der Waals surface area (Å²) in [4.78, 5) is 20.8. The number of nitrogens with zero attached hydrogens (tertiary/aromatic N) is 3. The van der Waals surface area contributed by atoms with Crippen molar-refractivity contribution in [2.75, 3.05) is 32.8 Å². The maximum atomic E-state index is 12.2. The van der Waals surface area contributed by atoms with Crippen LogP contribution in [0.5, 0.6) is 0 Å². The molecule has 1 aromatic heterocycles. The molecular formula is C22H29Cl2N3O2. The molecule has 158 valence electrons. The molecule has 1 atom stereocenters. The van der Waals surface area contributed by atoms with E-state index >= 15 is 0 Å². The van der Waals surface area contributed by atoms with Crippen molar-refractivity contribution in [3.8, 4) is 0 Å². The van der Waals surface area contributed by atoms with E-state index in [4.69, 9.17) is 16.3 Å². The number of carbonyl (C=O) groups excluding carboxylic acids is 1. The number of likely N-dealkylation sites (N-methyl/N-ethyl adjacent to an activating group) is 1. The number of amides is 1. The van der Waals surface area contributed by atoms with Crippen molar-refractivity contribution in [3.05, 3.63) is 64.9 Å². The second-order valence-electron chi connectivity index (χ2n) is 7.13. The molecular weight excluding hydrogens is 409 g/mol. The summed E-state index contributed by atoms with van der Waals surface area (Å²) < 4.78 is 5.78. The minimum absolute atomic E-state index is 0. The van der Waals surface area contributed by atoms with Gasteiger partial charge in [-0.1, -0.05) is 48.9 Å². The van der Waals surface area contributed by atoms with Crippen LogP contribution in [-0.2, 0) is 22.5 Å². The lowest BCUT2D eigenvalue weighted by Gasteiger charge is -2.33. The minimum atomic E-state index is 0. The number of rotatable bonds is 9. The van der Waals surface area contributed by atoms with Crippen LogP contribution in [0.2, 0.25) is 5.02 Å². The van der Waals surface area contributed by atoms with Crippen molar-refractivity contribution >= 4 is 29.9 Å². The highest BCUT2D eigenvalue weighted by atomic mass is 35.5. The van der Waals surface area contributed by atoms with Crippen LogP contribution in [0.4, 0.5) is 0 Å². The molecule has 0 radical (unpaired) electrons. The maximum absolute atomic E-state index is 12.2. The Hall–Kier alpha value is -1.66. The summed E-state index contributed by atoms with van der Waals surface area (Å²) in [6.07, 6.45) is 3.65. The van der Waals surface area contributed by atoms with Crippen LogP contribution in [0.25, 0.3) is 0 Å². The largest absolute Gasteiger partial charge is 0.367 e. The van der Waals surface area contributed by atoms with E-state index < -0.39 is 0 Å². The topological polar surface area (TPSA) is 45.7 Å². The highest BCUT2D eigenvalue weighted by molar-refractivity contribution is 6.30.